The minimum Gasteiger partial charge on any atom is -0.0887 e. The molecule has 0 spiro atoms. The standard InChI is InChI=1S/C14H15Br/c1-2-14(15)10-11-7-8-12-5-3-4-6-13(12)9-11/h3-9,14H,2,10H2,1H3. The maximum atomic E-state index is 3.68. The number of rotatable bonds is 3. The van der Waals surface area contributed by atoms with Gasteiger partial charge in [0, 0.05) is 4.83 Å². The summed E-state index contributed by atoms with van der Waals surface area (Å²) < 4.78 is 0. The first-order chi connectivity index (χ1) is 7.29. The maximum absolute atomic E-state index is 3.68. The Labute approximate surface area is 99.4 Å². The van der Waals surface area contributed by atoms with E-state index in [0.717, 1.165) is 6.42 Å². The van der Waals surface area contributed by atoms with Gasteiger partial charge in [-0.15, -0.1) is 0 Å². The van der Waals surface area contributed by atoms with Gasteiger partial charge in [0.2, 0.25) is 0 Å². The summed E-state index contributed by atoms with van der Waals surface area (Å²) in [6.07, 6.45) is 2.29. The molecular formula is C14H15Br. The second-order valence-electron chi connectivity index (χ2n) is 3.89. The maximum Gasteiger partial charge on any atom is 0.0183 e. The Morgan fingerprint density at radius 3 is 2.53 bits per heavy atom. The zero-order valence-electron chi connectivity index (χ0n) is 8.91. The first kappa shape index (κ1) is 10.7. The molecule has 1 unspecified atom stereocenters. The Kier molecular flexibility index (Phi) is 3.42. The molecule has 0 saturated carbocycles. The molecule has 1 heteroatoms. The van der Waals surface area contributed by atoms with Crippen molar-refractivity contribution >= 4 is 26.7 Å². The largest absolute Gasteiger partial charge is 0.0887 e. The Hall–Kier alpha value is -0.820. The van der Waals surface area contributed by atoms with Gasteiger partial charge in [-0.1, -0.05) is 65.3 Å². The average molecular weight is 263 g/mol. The second-order valence-corrected chi connectivity index (χ2v) is 5.19. The topological polar surface area (TPSA) is 0 Å². The van der Waals surface area contributed by atoms with Crippen LogP contribution in [0.25, 0.3) is 10.8 Å². The van der Waals surface area contributed by atoms with E-state index in [1.54, 1.807) is 0 Å². The highest BCUT2D eigenvalue weighted by atomic mass is 79.9. The molecule has 0 saturated heterocycles. The number of hydrogen-bond acceptors (Lipinski definition) is 0. The fourth-order valence-corrected chi connectivity index (χ4v) is 2.14. The van der Waals surface area contributed by atoms with E-state index >= 15 is 0 Å². The summed E-state index contributed by atoms with van der Waals surface area (Å²) in [4.78, 5) is 0.596. The van der Waals surface area contributed by atoms with Crippen LogP contribution in [-0.4, -0.2) is 4.83 Å². The molecule has 2 aromatic rings. The van der Waals surface area contributed by atoms with Gasteiger partial charge in [0.1, 0.15) is 0 Å². The molecule has 0 radical (unpaired) electrons. The quantitative estimate of drug-likeness (QED) is 0.712. The number of halogens is 1. The minimum atomic E-state index is 0.596. The molecule has 0 aromatic heterocycles. The lowest BCUT2D eigenvalue weighted by molar-refractivity contribution is 0.830. The van der Waals surface area contributed by atoms with E-state index in [1.165, 1.54) is 22.8 Å². The Bertz CT molecular complexity index is 448. The minimum absolute atomic E-state index is 0.596. The molecule has 0 bridgehead atoms. The Morgan fingerprint density at radius 2 is 1.80 bits per heavy atom. The predicted octanol–water partition coefficient (Wildman–Crippen LogP) is 4.56. The van der Waals surface area contributed by atoms with E-state index in [4.69, 9.17) is 0 Å². The van der Waals surface area contributed by atoms with Crippen LogP contribution in [0.2, 0.25) is 0 Å². The molecule has 2 aromatic carbocycles. The first-order valence-corrected chi connectivity index (χ1v) is 6.33. The molecule has 0 N–H and O–H groups in total. The monoisotopic (exact) mass is 262 g/mol. The van der Waals surface area contributed by atoms with Crippen molar-refractivity contribution in [2.24, 2.45) is 0 Å². The van der Waals surface area contributed by atoms with Gasteiger partial charge in [-0.2, -0.15) is 0 Å². The van der Waals surface area contributed by atoms with E-state index in [-0.39, 0.29) is 0 Å². The summed E-state index contributed by atoms with van der Waals surface area (Å²) in [6.45, 7) is 2.21. The number of hydrogen-bond donors (Lipinski definition) is 0. The van der Waals surface area contributed by atoms with E-state index in [9.17, 15) is 0 Å². The molecule has 0 aliphatic rings. The number of alkyl halides is 1. The molecular weight excluding hydrogens is 248 g/mol. The summed E-state index contributed by atoms with van der Waals surface area (Å²) in [6, 6.07) is 15.2. The molecule has 0 amide bonds. The Balaban J connectivity index is 2.30. The molecule has 15 heavy (non-hydrogen) atoms. The summed E-state index contributed by atoms with van der Waals surface area (Å²) in [5.74, 6) is 0. The van der Waals surface area contributed by atoms with E-state index < -0.39 is 0 Å². The third kappa shape index (κ3) is 2.60. The zero-order chi connectivity index (χ0) is 10.7. The van der Waals surface area contributed by atoms with Gasteiger partial charge in [0.15, 0.2) is 0 Å². The van der Waals surface area contributed by atoms with Crippen LogP contribution in [0, 0.1) is 0 Å². The number of benzene rings is 2. The number of fused-ring (bicyclic) bond motifs is 1. The molecule has 0 nitrogen and oxygen atoms in total. The van der Waals surface area contributed by atoms with Gasteiger partial charge < -0.3 is 0 Å². The summed E-state index contributed by atoms with van der Waals surface area (Å²) in [5.41, 5.74) is 1.41. The van der Waals surface area contributed by atoms with Crippen LogP contribution in [0.4, 0.5) is 0 Å². The first-order valence-electron chi connectivity index (χ1n) is 5.41. The molecule has 78 valence electrons. The van der Waals surface area contributed by atoms with Crippen LogP contribution in [-0.2, 0) is 6.42 Å². The normalized spacial score (nSPS) is 12.9. The van der Waals surface area contributed by atoms with Crippen LogP contribution in [0.1, 0.15) is 18.9 Å². The van der Waals surface area contributed by atoms with Gasteiger partial charge in [-0.3, -0.25) is 0 Å². The summed E-state index contributed by atoms with van der Waals surface area (Å²) in [5, 5.41) is 2.66. The molecule has 2 rings (SSSR count). The molecule has 0 aliphatic heterocycles. The SMILES string of the molecule is CCC(Br)Cc1ccc2ccccc2c1. The Morgan fingerprint density at radius 1 is 1.07 bits per heavy atom. The van der Waals surface area contributed by atoms with Crippen molar-refractivity contribution in [2.45, 2.75) is 24.6 Å². The van der Waals surface area contributed by atoms with Crippen molar-refractivity contribution in [1.29, 1.82) is 0 Å². The van der Waals surface area contributed by atoms with Gasteiger partial charge in [0.05, 0.1) is 0 Å². The highest BCUT2D eigenvalue weighted by molar-refractivity contribution is 9.09. The van der Waals surface area contributed by atoms with Crippen molar-refractivity contribution in [3.63, 3.8) is 0 Å². The van der Waals surface area contributed by atoms with Crippen molar-refractivity contribution < 1.29 is 0 Å². The third-order valence-electron chi connectivity index (χ3n) is 2.71. The van der Waals surface area contributed by atoms with Gasteiger partial charge in [-0.05, 0) is 29.2 Å². The van der Waals surface area contributed by atoms with Crippen LogP contribution in [0.3, 0.4) is 0 Å². The van der Waals surface area contributed by atoms with Crippen molar-refractivity contribution in [2.75, 3.05) is 0 Å². The van der Waals surface area contributed by atoms with Crippen LogP contribution < -0.4 is 0 Å². The summed E-state index contributed by atoms with van der Waals surface area (Å²) >= 11 is 3.68. The van der Waals surface area contributed by atoms with Gasteiger partial charge in [-0.25, -0.2) is 0 Å². The van der Waals surface area contributed by atoms with Crippen molar-refractivity contribution in [3.05, 3.63) is 48.0 Å². The van der Waals surface area contributed by atoms with E-state index in [1.807, 2.05) is 0 Å². The molecule has 0 aliphatic carbocycles. The average Bonchev–Trinajstić information content (AvgIpc) is 2.29. The molecule has 1 atom stereocenters. The third-order valence-corrected chi connectivity index (χ3v) is 3.69. The van der Waals surface area contributed by atoms with Gasteiger partial charge >= 0.3 is 0 Å². The zero-order valence-corrected chi connectivity index (χ0v) is 10.5. The fraction of sp³-hybridized carbons (Fsp3) is 0.286. The molecule has 0 heterocycles. The van der Waals surface area contributed by atoms with Crippen molar-refractivity contribution in [3.8, 4) is 0 Å². The lowest BCUT2D eigenvalue weighted by atomic mass is 10.0. The van der Waals surface area contributed by atoms with Crippen LogP contribution >= 0.6 is 15.9 Å². The lowest BCUT2D eigenvalue weighted by Gasteiger charge is -2.07. The molecule has 0 fully saturated rings. The lowest BCUT2D eigenvalue weighted by Crippen LogP contribution is -2.00. The van der Waals surface area contributed by atoms with E-state index in [2.05, 4.69) is 65.3 Å². The smallest absolute Gasteiger partial charge is 0.0183 e. The summed E-state index contributed by atoms with van der Waals surface area (Å²) in [7, 11) is 0. The van der Waals surface area contributed by atoms with Crippen LogP contribution in [0.5, 0.6) is 0 Å². The van der Waals surface area contributed by atoms with Crippen molar-refractivity contribution in [1.82, 2.24) is 0 Å². The fourth-order valence-electron chi connectivity index (χ4n) is 1.77. The second kappa shape index (κ2) is 4.80. The van der Waals surface area contributed by atoms with E-state index in [0.29, 0.717) is 4.83 Å². The highest BCUT2D eigenvalue weighted by Crippen LogP contribution is 2.19. The van der Waals surface area contributed by atoms with Crippen LogP contribution in [0.15, 0.2) is 42.5 Å². The highest BCUT2D eigenvalue weighted by Gasteiger charge is 2.03. The predicted molar refractivity (Wildman–Crippen MR) is 70.7 cm³/mol. The van der Waals surface area contributed by atoms with Gasteiger partial charge in [0.25, 0.3) is 0 Å².